The number of ketones is 1. The second-order valence-corrected chi connectivity index (χ2v) is 2.52. The summed E-state index contributed by atoms with van der Waals surface area (Å²) in [7, 11) is 3.66. The maximum atomic E-state index is 11.2. The zero-order valence-electron chi connectivity index (χ0n) is 6.79. The number of hydrogen-bond acceptors (Lipinski definition) is 2. The van der Waals surface area contributed by atoms with Crippen molar-refractivity contribution in [2.45, 2.75) is 0 Å². The van der Waals surface area contributed by atoms with Gasteiger partial charge < -0.3 is 9.88 Å². The summed E-state index contributed by atoms with van der Waals surface area (Å²) in [4.78, 5) is 11.2. The Morgan fingerprint density at radius 3 is 2.91 bits per heavy atom. The summed E-state index contributed by atoms with van der Waals surface area (Å²) in [5, 5.41) is 2.82. The molecule has 1 aromatic rings. The number of Topliss-reactive ketones (excluding diaryl/α,β-unsaturated/α-hetero) is 1. The lowest BCUT2D eigenvalue weighted by Gasteiger charge is -1.94. The van der Waals surface area contributed by atoms with Gasteiger partial charge in [-0.05, 0) is 13.1 Å². The molecule has 1 heterocycles. The average molecular weight is 152 g/mol. The molecule has 0 aliphatic heterocycles. The van der Waals surface area contributed by atoms with Crippen molar-refractivity contribution in [1.29, 1.82) is 0 Å². The molecule has 3 nitrogen and oxygen atoms in total. The Labute approximate surface area is 66.0 Å². The van der Waals surface area contributed by atoms with Crippen molar-refractivity contribution >= 4 is 5.78 Å². The van der Waals surface area contributed by atoms with E-state index in [4.69, 9.17) is 0 Å². The molecule has 1 N–H and O–H groups in total. The van der Waals surface area contributed by atoms with E-state index in [0.717, 1.165) is 5.56 Å². The molecule has 0 fully saturated rings. The Bertz CT molecular complexity index is 252. The summed E-state index contributed by atoms with van der Waals surface area (Å²) in [5.41, 5.74) is 0.766. The fourth-order valence-corrected chi connectivity index (χ4v) is 0.931. The van der Waals surface area contributed by atoms with Crippen LogP contribution in [0.25, 0.3) is 0 Å². The van der Waals surface area contributed by atoms with Crippen molar-refractivity contribution in [2.24, 2.45) is 7.05 Å². The monoisotopic (exact) mass is 152 g/mol. The lowest BCUT2D eigenvalue weighted by Crippen LogP contribution is -2.17. The molecule has 0 saturated carbocycles. The molecule has 0 bridgehead atoms. The number of hydrogen-bond donors (Lipinski definition) is 1. The predicted molar refractivity (Wildman–Crippen MR) is 43.7 cm³/mol. The van der Waals surface area contributed by atoms with E-state index in [1.165, 1.54) is 0 Å². The van der Waals surface area contributed by atoms with Gasteiger partial charge in [-0.15, -0.1) is 0 Å². The third kappa shape index (κ3) is 1.91. The van der Waals surface area contributed by atoms with Gasteiger partial charge in [-0.25, -0.2) is 0 Å². The highest BCUT2D eigenvalue weighted by molar-refractivity contribution is 5.97. The number of aryl methyl sites for hydroxylation is 1. The summed E-state index contributed by atoms with van der Waals surface area (Å²) in [6.45, 7) is 0.407. The molecule has 0 spiro atoms. The predicted octanol–water partition coefficient (Wildman–Crippen LogP) is 0.427. The molecule has 0 atom stereocenters. The van der Waals surface area contributed by atoms with Crippen molar-refractivity contribution in [1.82, 2.24) is 9.88 Å². The highest BCUT2D eigenvalue weighted by Crippen LogP contribution is 1.99. The average Bonchev–Trinajstić information content (AvgIpc) is 2.36. The van der Waals surface area contributed by atoms with Crippen LogP contribution in [0.3, 0.4) is 0 Å². The minimum atomic E-state index is 0.133. The second kappa shape index (κ2) is 3.34. The van der Waals surface area contributed by atoms with Gasteiger partial charge in [0.1, 0.15) is 0 Å². The van der Waals surface area contributed by atoms with Crippen LogP contribution in [-0.4, -0.2) is 23.9 Å². The molecule has 11 heavy (non-hydrogen) atoms. The Hall–Kier alpha value is -1.09. The van der Waals surface area contributed by atoms with E-state index in [0.29, 0.717) is 6.54 Å². The van der Waals surface area contributed by atoms with Crippen LogP contribution in [0.4, 0.5) is 0 Å². The number of aromatic nitrogens is 1. The zero-order chi connectivity index (χ0) is 8.27. The van der Waals surface area contributed by atoms with Gasteiger partial charge in [-0.2, -0.15) is 0 Å². The van der Waals surface area contributed by atoms with Crippen molar-refractivity contribution in [3.63, 3.8) is 0 Å². The minimum absolute atomic E-state index is 0.133. The summed E-state index contributed by atoms with van der Waals surface area (Å²) < 4.78 is 1.86. The van der Waals surface area contributed by atoms with E-state index in [-0.39, 0.29) is 5.78 Å². The van der Waals surface area contributed by atoms with Crippen molar-refractivity contribution in [3.8, 4) is 0 Å². The molecule has 0 aliphatic rings. The van der Waals surface area contributed by atoms with Crippen LogP contribution in [0.5, 0.6) is 0 Å². The SMILES string of the molecule is CNCC(=O)c1ccn(C)c1. The van der Waals surface area contributed by atoms with Gasteiger partial charge in [0.2, 0.25) is 0 Å². The van der Waals surface area contributed by atoms with Crippen LogP contribution in [0, 0.1) is 0 Å². The molecular formula is C8H12N2O. The van der Waals surface area contributed by atoms with Crippen LogP contribution in [0.1, 0.15) is 10.4 Å². The van der Waals surface area contributed by atoms with Crippen LogP contribution in [0.15, 0.2) is 18.5 Å². The Morgan fingerprint density at radius 1 is 1.73 bits per heavy atom. The lowest BCUT2D eigenvalue weighted by atomic mass is 10.2. The topological polar surface area (TPSA) is 34.0 Å². The van der Waals surface area contributed by atoms with Crippen molar-refractivity contribution in [3.05, 3.63) is 24.0 Å². The Morgan fingerprint density at radius 2 is 2.45 bits per heavy atom. The van der Waals surface area contributed by atoms with Gasteiger partial charge in [0.05, 0.1) is 6.54 Å². The number of rotatable bonds is 3. The van der Waals surface area contributed by atoms with Crippen LogP contribution in [-0.2, 0) is 7.05 Å². The maximum absolute atomic E-state index is 11.2. The largest absolute Gasteiger partial charge is 0.357 e. The molecule has 0 saturated heterocycles. The lowest BCUT2D eigenvalue weighted by molar-refractivity contribution is 0.0993. The molecular weight excluding hydrogens is 140 g/mol. The number of carbonyl (C=O) groups is 1. The van der Waals surface area contributed by atoms with Gasteiger partial charge in [-0.3, -0.25) is 4.79 Å². The van der Waals surface area contributed by atoms with E-state index in [2.05, 4.69) is 5.32 Å². The number of nitrogens with zero attached hydrogens (tertiary/aromatic N) is 1. The van der Waals surface area contributed by atoms with Gasteiger partial charge >= 0.3 is 0 Å². The first kappa shape index (κ1) is 8.01. The highest BCUT2D eigenvalue weighted by atomic mass is 16.1. The standard InChI is InChI=1S/C8H12N2O/c1-9-5-8(11)7-3-4-10(2)6-7/h3-4,6,9H,5H2,1-2H3. The molecule has 0 unspecified atom stereocenters. The third-order valence-electron chi connectivity index (χ3n) is 1.49. The van der Waals surface area contributed by atoms with Gasteiger partial charge in [0.15, 0.2) is 5.78 Å². The number of carbonyl (C=O) groups excluding carboxylic acids is 1. The molecule has 0 amide bonds. The number of nitrogens with one attached hydrogen (secondary N) is 1. The molecule has 60 valence electrons. The Kier molecular flexibility index (Phi) is 2.44. The second-order valence-electron chi connectivity index (χ2n) is 2.52. The zero-order valence-corrected chi connectivity index (χ0v) is 6.79. The number of likely N-dealkylation sites (N-methyl/N-ethyl adjacent to an activating group) is 1. The summed E-state index contributed by atoms with van der Waals surface area (Å²) in [5.74, 6) is 0.133. The molecule has 0 radical (unpaired) electrons. The first-order valence-corrected chi connectivity index (χ1v) is 3.54. The van der Waals surface area contributed by atoms with Gasteiger partial charge in [-0.1, -0.05) is 0 Å². The van der Waals surface area contributed by atoms with E-state index >= 15 is 0 Å². The van der Waals surface area contributed by atoms with E-state index in [1.807, 2.05) is 30.1 Å². The highest BCUT2D eigenvalue weighted by Gasteiger charge is 2.03. The smallest absolute Gasteiger partial charge is 0.178 e. The first-order valence-electron chi connectivity index (χ1n) is 3.54. The van der Waals surface area contributed by atoms with E-state index in [9.17, 15) is 4.79 Å². The summed E-state index contributed by atoms with van der Waals surface area (Å²) in [6.07, 6.45) is 3.68. The van der Waals surface area contributed by atoms with Crippen molar-refractivity contribution < 1.29 is 4.79 Å². The van der Waals surface area contributed by atoms with Crippen LogP contribution in [0.2, 0.25) is 0 Å². The maximum Gasteiger partial charge on any atom is 0.178 e. The Balaban J connectivity index is 2.69. The normalized spacial score (nSPS) is 10.0. The fraction of sp³-hybridized carbons (Fsp3) is 0.375. The van der Waals surface area contributed by atoms with Crippen LogP contribution >= 0.6 is 0 Å². The first-order chi connectivity index (χ1) is 5.24. The summed E-state index contributed by atoms with van der Waals surface area (Å²) >= 11 is 0. The molecule has 0 aromatic carbocycles. The quantitative estimate of drug-likeness (QED) is 0.637. The van der Waals surface area contributed by atoms with Crippen molar-refractivity contribution in [2.75, 3.05) is 13.6 Å². The third-order valence-corrected chi connectivity index (χ3v) is 1.49. The molecule has 1 rings (SSSR count). The van der Waals surface area contributed by atoms with E-state index < -0.39 is 0 Å². The molecule has 1 aromatic heterocycles. The van der Waals surface area contributed by atoms with E-state index in [1.54, 1.807) is 7.05 Å². The van der Waals surface area contributed by atoms with Gasteiger partial charge in [0.25, 0.3) is 0 Å². The fourth-order valence-electron chi connectivity index (χ4n) is 0.931. The molecule has 0 aliphatic carbocycles. The minimum Gasteiger partial charge on any atom is -0.357 e. The summed E-state index contributed by atoms with van der Waals surface area (Å²) in [6, 6.07) is 1.82. The van der Waals surface area contributed by atoms with Gasteiger partial charge in [0, 0.05) is 25.0 Å². The van der Waals surface area contributed by atoms with Crippen LogP contribution < -0.4 is 5.32 Å². The molecule has 3 heteroatoms.